The monoisotopic (exact) mass is 458 g/mol. The number of pyridine rings is 1. The molecule has 3 aromatic rings. The lowest BCUT2D eigenvalue weighted by atomic mass is 10.1. The molecule has 0 spiro atoms. The second-order valence-electron chi connectivity index (χ2n) is 7.11. The topological polar surface area (TPSA) is 95.9 Å². The van der Waals surface area contributed by atoms with Crippen LogP contribution in [0.25, 0.3) is 22.3 Å². The van der Waals surface area contributed by atoms with Crippen molar-refractivity contribution < 1.29 is 23.7 Å². The molecule has 0 bridgehead atoms. The largest absolute Gasteiger partial charge is 0.497 e. The molecule has 0 aliphatic carbocycles. The lowest BCUT2D eigenvalue weighted by molar-refractivity contribution is -0.137. The molecule has 3 heterocycles. The fraction of sp³-hybridized carbons (Fsp3) is 0.364. The van der Waals surface area contributed by atoms with Crippen LogP contribution in [0.5, 0.6) is 17.4 Å². The van der Waals surface area contributed by atoms with Crippen LogP contribution in [0.4, 0.5) is 0 Å². The number of benzene rings is 1. The summed E-state index contributed by atoms with van der Waals surface area (Å²) in [6.07, 6.45) is 2.98. The van der Waals surface area contributed by atoms with Gasteiger partial charge in [0.05, 0.1) is 38.6 Å². The van der Waals surface area contributed by atoms with E-state index in [0.29, 0.717) is 53.8 Å². The highest BCUT2D eigenvalue weighted by Gasteiger charge is 2.23. The Hall–Kier alpha value is -3.11. The van der Waals surface area contributed by atoms with Crippen LogP contribution in [-0.2, 0) is 9.53 Å². The quantitative estimate of drug-likeness (QED) is 0.556. The van der Waals surface area contributed by atoms with Gasteiger partial charge in [-0.15, -0.1) is 0 Å². The van der Waals surface area contributed by atoms with E-state index in [9.17, 15) is 4.79 Å². The van der Waals surface area contributed by atoms with Crippen LogP contribution in [0.1, 0.15) is 6.92 Å². The molecule has 1 amide bonds. The second kappa shape index (κ2) is 10.5. The van der Waals surface area contributed by atoms with E-state index in [2.05, 4.69) is 15.0 Å². The molecule has 32 heavy (non-hydrogen) atoms. The number of fused-ring (bicyclic) bond motifs is 1. The smallest absolute Gasteiger partial charge is 0.242 e. The summed E-state index contributed by atoms with van der Waals surface area (Å²) in [4.78, 5) is 26.9. The third-order valence-corrected chi connectivity index (χ3v) is 5.06. The SMILES string of the molecule is COc1cc(OC)cc(-c2cc3nccnc3c(OC[C@@H]3CN(C(C)=O)CCO3)n2)c1.S. The zero-order chi connectivity index (χ0) is 21.8. The number of morpholine rings is 1. The van der Waals surface area contributed by atoms with E-state index in [-0.39, 0.29) is 32.1 Å². The molecule has 0 N–H and O–H groups in total. The van der Waals surface area contributed by atoms with Crippen molar-refractivity contribution in [3.05, 3.63) is 36.7 Å². The number of hydrogen-bond donors (Lipinski definition) is 0. The molecule has 2 aromatic heterocycles. The van der Waals surface area contributed by atoms with Gasteiger partial charge in [-0.2, -0.15) is 13.5 Å². The van der Waals surface area contributed by atoms with Gasteiger partial charge in [0, 0.05) is 37.5 Å². The van der Waals surface area contributed by atoms with E-state index in [4.69, 9.17) is 18.9 Å². The number of ether oxygens (including phenoxy) is 4. The van der Waals surface area contributed by atoms with Gasteiger partial charge in [-0.05, 0) is 18.2 Å². The molecular formula is C22H26N4O5S. The van der Waals surface area contributed by atoms with Crippen molar-refractivity contribution in [1.29, 1.82) is 0 Å². The predicted octanol–water partition coefficient (Wildman–Crippen LogP) is 2.45. The Balaban J connectivity index is 0.00000289. The van der Waals surface area contributed by atoms with Crippen LogP contribution in [0.3, 0.4) is 0 Å². The van der Waals surface area contributed by atoms with Crippen molar-refractivity contribution in [1.82, 2.24) is 19.9 Å². The van der Waals surface area contributed by atoms with E-state index in [1.54, 1.807) is 44.5 Å². The van der Waals surface area contributed by atoms with Crippen molar-refractivity contribution in [2.45, 2.75) is 13.0 Å². The van der Waals surface area contributed by atoms with E-state index in [1.165, 1.54) is 0 Å². The number of hydrogen-bond acceptors (Lipinski definition) is 8. The molecule has 1 atom stereocenters. The Morgan fingerprint density at radius 1 is 1.12 bits per heavy atom. The molecule has 4 rings (SSSR count). The summed E-state index contributed by atoms with van der Waals surface area (Å²) in [5.41, 5.74) is 2.65. The Bertz CT molecular complexity index is 1070. The summed E-state index contributed by atoms with van der Waals surface area (Å²) in [6.45, 7) is 3.34. The van der Waals surface area contributed by atoms with Crippen LogP contribution in [0.15, 0.2) is 36.7 Å². The minimum atomic E-state index is -0.244. The van der Waals surface area contributed by atoms with Crippen LogP contribution >= 0.6 is 13.5 Å². The molecular weight excluding hydrogens is 432 g/mol. The minimum Gasteiger partial charge on any atom is -0.497 e. The van der Waals surface area contributed by atoms with E-state index < -0.39 is 0 Å². The predicted molar refractivity (Wildman–Crippen MR) is 124 cm³/mol. The van der Waals surface area contributed by atoms with Gasteiger partial charge in [-0.3, -0.25) is 9.78 Å². The number of methoxy groups -OCH3 is 2. The molecule has 10 heteroatoms. The first-order valence-corrected chi connectivity index (χ1v) is 9.92. The molecule has 0 radical (unpaired) electrons. The van der Waals surface area contributed by atoms with Gasteiger partial charge in [0.25, 0.3) is 0 Å². The normalized spacial score (nSPS) is 15.7. The molecule has 1 aliphatic rings. The van der Waals surface area contributed by atoms with Gasteiger partial charge in [0.15, 0.2) is 5.52 Å². The van der Waals surface area contributed by atoms with Crippen LogP contribution < -0.4 is 14.2 Å². The highest BCUT2D eigenvalue weighted by molar-refractivity contribution is 7.59. The van der Waals surface area contributed by atoms with Crippen LogP contribution in [-0.4, -0.2) is 72.4 Å². The fourth-order valence-electron chi connectivity index (χ4n) is 3.43. The molecule has 1 fully saturated rings. The van der Waals surface area contributed by atoms with E-state index in [0.717, 1.165) is 5.56 Å². The molecule has 9 nitrogen and oxygen atoms in total. The van der Waals surface area contributed by atoms with Gasteiger partial charge >= 0.3 is 0 Å². The summed E-state index contributed by atoms with van der Waals surface area (Å²) >= 11 is 0. The molecule has 170 valence electrons. The molecule has 0 unspecified atom stereocenters. The summed E-state index contributed by atoms with van der Waals surface area (Å²) in [5, 5.41) is 0. The van der Waals surface area contributed by atoms with Crippen LogP contribution in [0.2, 0.25) is 0 Å². The van der Waals surface area contributed by atoms with Gasteiger partial charge in [0.1, 0.15) is 24.2 Å². The van der Waals surface area contributed by atoms with Gasteiger partial charge in [0.2, 0.25) is 11.8 Å². The highest BCUT2D eigenvalue weighted by Crippen LogP contribution is 2.32. The molecule has 1 saturated heterocycles. The minimum absolute atomic E-state index is 0. The third kappa shape index (κ3) is 5.20. The van der Waals surface area contributed by atoms with Crippen molar-refractivity contribution in [2.24, 2.45) is 0 Å². The maximum Gasteiger partial charge on any atom is 0.242 e. The zero-order valence-electron chi connectivity index (χ0n) is 18.2. The summed E-state index contributed by atoms with van der Waals surface area (Å²) in [5.74, 6) is 1.68. The van der Waals surface area contributed by atoms with E-state index >= 15 is 0 Å². The number of nitrogens with zero attached hydrogens (tertiary/aromatic N) is 4. The van der Waals surface area contributed by atoms with Crippen molar-refractivity contribution >= 4 is 30.4 Å². The first-order chi connectivity index (χ1) is 15.1. The summed E-state index contributed by atoms with van der Waals surface area (Å²) in [6, 6.07) is 7.37. The number of rotatable bonds is 6. The maximum atomic E-state index is 11.7. The fourth-order valence-corrected chi connectivity index (χ4v) is 3.43. The molecule has 1 aliphatic heterocycles. The number of aromatic nitrogens is 3. The number of carbonyl (C=O) groups excluding carboxylic acids is 1. The van der Waals surface area contributed by atoms with Gasteiger partial charge in [-0.1, -0.05) is 0 Å². The van der Waals surface area contributed by atoms with Gasteiger partial charge < -0.3 is 23.8 Å². The average molecular weight is 459 g/mol. The van der Waals surface area contributed by atoms with Crippen molar-refractivity contribution in [2.75, 3.05) is 40.5 Å². The maximum absolute atomic E-state index is 11.7. The van der Waals surface area contributed by atoms with Gasteiger partial charge in [-0.25, -0.2) is 9.97 Å². The first kappa shape index (κ1) is 23.6. The zero-order valence-corrected chi connectivity index (χ0v) is 19.2. The number of carbonyl (C=O) groups is 1. The molecule has 0 saturated carbocycles. The second-order valence-corrected chi connectivity index (χ2v) is 7.11. The summed E-state index contributed by atoms with van der Waals surface area (Å²) in [7, 11) is 3.20. The Morgan fingerprint density at radius 3 is 2.53 bits per heavy atom. The van der Waals surface area contributed by atoms with Crippen molar-refractivity contribution in [3.63, 3.8) is 0 Å². The van der Waals surface area contributed by atoms with E-state index in [1.807, 2.05) is 18.2 Å². The van der Waals surface area contributed by atoms with Crippen molar-refractivity contribution in [3.8, 4) is 28.6 Å². The average Bonchev–Trinajstić information content (AvgIpc) is 2.82. The molecule has 1 aromatic carbocycles. The Kier molecular flexibility index (Phi) is 7.70. The highest BCUT2D eigenvalue weighted by atomic mass is 32.1. The lowest BCUT2D eigenvalue weighted by Crippen LogP contribution is -2.46. The Morgan fingerprint density at radius 2 is 1.84 bits per heavy atom. The first-order valence-electron chi connectivity index (χ1n) is 9.92. The third-order valence-electron chi connectivity index (χ3n) is 5.06. The number of amides is 1. The standard InChI is InChI=1S/C22H24N4O5.H2S/c1-14(27)26-6-7-30-18(12-26)13-31-22-21-20(23-4-5-24-21)11-19(25-22)15-8-16(28-2)10-17(9-15)29-3;/h4-5,8-11,18H,6-7,12-13H2,1-3H3;1H2/t18-;/m0./s1. The summed E-state index contributed by atoms with van der Waals surface area (Å²) < 4.78 is 22.5. The lowest BCUT2D eigenvalue weighted by Gasteiger charge is -2.32. The Labute approximate surface area is 193 Å². The van der Waals surface area contributed by atoms with Crippen LogP contribution in [0, 0.1) is 0 Å².